The second kappa shape index (κ2) is 8.90. The van der Waals surface area contributed by atoms with E-state index in [2.05, 4.69) is 16.8 Å². The minimum Gasteiger partial charge on any atom is -0.304 e. The highest BCUT2D eigenvalue weighted by molar-refractivity contribution is 7.99. The van der Waals surface area contributed by atoms with E-state index in [0.29, 0.717) is 5.39 Å². The molecule has 3 aromatic rings. The summed E-state index contributed by atoms with van der Waals surface area (Å²) in [5, 5.41) is 1.43. The lowest BCUT2D eigenvalue weighted by Gasteiger charge is -2.32. The summed E-state index contributed by atoms with van der Waals surface area (Å²) in [4.78, 5) is 22.9. The molecule has 6 heteroatoms. The third kappa shape index (κ3) is 4.29. The lowest BCUT2D eigenvalue weighted by Crippen LogP contribution is -2.44. The second-order valence-corrected chi connectivity index (χ2v) is 8.30. The van der Waals surface area contributed by atoms with Gasteiger partial charge in [-0.05, 0) is 44.3 Å². The van der Waals surface area contributed by atoms with Crippen LogP contribution in [0.25, 0.3) is 16.6 Å². The molecule has 0 spiro atoms. The number of piperazine rings is 1. The molecule has 146 valence electrons. The van der Waals surface area contributed by atoms with Gasteiger partial charge in [-0.3, -0.25) is 9.36 Å². The van der Waals surface area contributed by atoms with E-state index in [1.165, 1.54) is 0 Å². The smallest absolute Gasteiger partial charge is 0.266 e. The number of fused-ring (bicyclic) bond motifs is 1. The Morgan fingerprint density at radius 3 is 2.46 bits per heavy atom. The highest BCUT2D eigenvalue weighted by Gasteiger charge is 2.15. The van der Waals surface area contributed by atoms with Crippen LogP contribution in [0.5, 0.6) is 0 Å². The van der Waals surface area contributed by atoms with Crippen LogP contribution in [0.3, 0.4) is 0 Å². The molecule has 5 nitrogen and oxygen atoms in total. The van der Waals surface area contributed by atoms with Crippen LogP contribution in [0, 0.1) is 0 Å². The van der Waals surface area contributed by atoms with Crippen molar-refractivity contribution in [2.45, 2.75) is 11.6 Å². The molecule has 1 aliphatic rings. The van der Waals surface area contributed by atoms with Crippen LogP contribution in [0.15, 0.2) is 64.5 Å². The quantitative estimate of drug-likeness (QED) is 0.365. The van der Waals surface area contributed by atoms with Crippen LogP contribution < -0.4 is 5.56 Å². The maximum atomic E-state index is 13.2. The molecular formula is C22H26N4OS. The van der Waals surface area contributed by atoms with Crippen LogP contribution in [-0.4, -0.2) is 64.9 Å². The zero-order valence-corrected chi connectivity index (χ0v) is 17.1. The number of para-hydroxylation sites is 2. The SMILES string of the molecule is CN1CCN(CCCSc2nc3ccccc3c(=O)n2-c2ccccc2)CC1. The summed E-state index contributed by atoms with van der Waals surface area (Å²) in [6.07, 6.45) is 1.09. The van der Waals surface area contributed by atoms with Crippen molar-refractivity contribution >= 4 is 22.7 Å². The lowest BCUT2D eigenvalue weighted by molar-refractivity contribution is 0.154. The van der Waals surface area contributed by atoms with Gasteiger partial charge in [0.2, 0.25) is 0 Å². The fourth-order valence-electron chi connectivity index (χ4n) is 3.54. The third-order valence-corrected chi connectivity index (χ3v) is 6.23. The van der Waals surface area contributed by atoms with E-state index in [9.17, 15) is 4.79 Å². The summed E-state index contributed by atoms with van der Waals surface area (Å²) >= 11 is 1.67. The molecule has 0 saturated carbocycles. The monoisotopic (exact) mass is 394 g/mol. The summed E-state index contributed by atoms with van der Waals surface area (Å²) < 4.78 is 1.75. The Labute approximate surface area is 170 Å². The predicted molar refractivity (Wildman–Crippen MR) is 117 cm³/mol. The molecule has 2 heterocycles. The van der Waals surface area contributed by atoms with Gasteiger partial charge in [-0.2, -0.15) is 0 Å². The Hall–Kier alpha value is -2.15. The zero-order chi connectivity index (χ0) is 19.3. The number of benzene rings is 2. The Morgan fingerprint density at radius 2 is 1.68 bits per heavy atom. The number of aromatic nitrogens is 2. The Morgan fingerprint density at radius 1 is 0.964 bits per heavy atom. The standard InChI is InChI=1S/C22H26N4OS/c1-24-13-15-25(16-14-24)12-7-17-28-22-23-20-11-6-5-10-19(20)21(27)26(22)18-8-3-2-4-9-18/h2-6,8-11H,7,12-17H2,1H3. The molecule has 0 amide bonds. The molecular weight excluding hydrogens is 368 g/mol. The van der Waals surface area contributed by atoms with E-state index in [1.54, 1.807) is 16.3 Å². The molecule has 28 heavy (non-hydrogen) atoms. The van der Waals surface area contributed by atoms with Gasteiger partial charge in [0, 0.05) is 31.9 Å². The summed E-state index contributed by atoms with van der Waals surface area (Å²) in [6.45, 7) is 5.68. The van der Waals surface area contributed by atoms with Gasteiger partial charge < -0.3 is 9.80 Å². The summed E-state index contributed by atoms with van der Waals surface area (Å²) in [5.41, 5.74) is 1.63. The van der Waals surface area contributed by atoms with Crippen molar-refractivity contribution < 1.29 is 0 Å². The highest BCUT2D eigenvalue weighted by Crippen LogP contribution is 2.22. The zero-order valence-electron chi connectivity index (χ0n) is 16.3. The van der Waals surface area contributed by atoms with Gasteiger partial charge in [0.25, 0.3) is 5.56 Å². The van der Waals surface area contributed by atoms with Crippen LogP contribution >= 0.6 is 11.8 Å². The van der Waals surface area contributed by atoms with E-state index in [1.807, 2.05) is 54.6 Å². The van der Waals surface area contributed by atoms with Gasteiger partial charge in [-0.25, -0.2) is 4.98 Å². The Bertz CT molecular complexity index is 981. The number of rotatable bonds is 6. The number of nitrogens with zero attached hydrogens (tertiary/aromatic N) is 4. The van der Waals surface area contributed by atoms with E-state index in [4.69, 9.17) is 4.98 Å². The first-order valence-corrected chi connectivity index (χ1v) is 10.8. The van der Waals surface area contributed by atoms with Gasteiger partial charge in [0.1, 0.15) is 0 Å². The molecule has 1 fully saturated rings. The fourth-order valence-corrected chi connectivity index (χ4v) is 4.47. The Kier molecular flexibility index (Phi) is 6.10. The highest BCUT2D eigenvalue weighted by atomic mass is 32.2. The predicted octanol–water partition coefficient (Wildman–Crippen LogP) is 3.12. The summed E-state index contributed by atoms with van der Waals surface area (Å²) in [6, 6.07) is 17.4. The van der Waals surface area contributed by atoms with E-state index < -0.39 is 0 Å². The van der Waals surface area contributed by atoms with Crippen molar-refractivity contribution in [1.29, 1.82) is 0 Å². The van der Waals surface area contributed by atoms with Crippen molar-refractivity contribution in [1.82, 2.24) is 19.4 Å². The molecule has 0 bridgehead atoms. The number of hydrogen-bond acceptors (Lipinski definition) is 5. The largest absolute Gasteiger partial charge is 0.304 e. The van der Waals surface area contributed by atoms with Crippen molar-refractivity contribution in [3.05, 3.63) is 65.0 Å². The minimum atomic E-state index is -0.00151. The molecule has 1 aliphatic heterocycles. The van der Waals surface area contributed by atoms with Crippen molar-refractivity contribution in [3.63, 3.8) is 0 Å². The average Bonchev–Trinajstić information content (AvgIpc) is 2.73. The van der Waals surface area contributed by atoms with Crippen LogP contribution in [0.1, 0.15) is 6.42 Å². The van der Waals surface area contributed by atoms with Gasteiger partial charge in [0.15, 0.2) is 5.16 Å². The van der Waals surface area contributed by atoms with Crippen LogP contribution in [0.4, 0.5) is 0 Å². The minimum absolute atomic E-state index is 0.00151. The third-order valence-electron chi connectivity index (χ3n) is 5.21. The second-order valence-electron chi connectivity index (χ2n) is 7.23. The first-order valence-electron chi connectivity index (χ1n) is 9.83. The summed E-state index contributed by atoms with van der Waals surface area (Å²) in [5.74, 6) is 0.948. The summed E-state index contributed by atoms with van der Waals surface area (Å²) in [7, 11) is 2.18. The normalized spacial score (nSPS) is 15.9. The van der Waals surface area contributed by atoms with Crippen LogP contribution in [-0.2, 0) is 0 Å². The van der Waals surface area contributed by atoms with Crippen molar-refractivity contribution in [2.24, 2.45) is 0 Å². The number of likely N-dealkylation sites (N-methyl/N-ethyl adjacent to an activating group) is 1. The topological polar surface area (TPSA) is 41.4 Å². The molecule has 0 N–H and O–H groups in total. The van der Waals surface area contributed by atoms with E-state index in [-0.39, 0.29) is 5.56 Å². The fraction of sp³-hybridized carbons (Fsp3) is 0.364. The van der Waals surface area contributed by atoms with Gasteiger partial charge in [-0.15, -0.1) is 0 Å². The maximum absolute atomic E-state index is 13.2. The first-order chi connectivity index (χ1) is 13.7. The van der Waals surface area contributed by atoms with E-state index in [0.717, 1.165) is 61.3 Å². The van der Waals surface area contributed by atoms with Gasteiger partial charge in [-0.1, -0.05) is 42.1 Å². The maximum Gasteiger partial charge on any atom is 0.266 e. The number of hydrogen-bond donors (Lipinski definition) is 0. The molecule has 4 rings (SSSR count). The Balaban J connectivity index is 1.53. The first kappa shape index (κ1) is 19.2. The average molecular weight is 395 g/mol. The van der Waals surface area contributed by atoms with Crippen LogP contribution in [0.2, 0.25) is 0 Å². The van der Waals surface area contributed by atoms with E-state index >= 15 is 0 Å². The molecule has 0 radical (unpaired) electrons. The molecule has 0 atom stereocenters. The van der Waals surface area contributed by atoms with Crippen molar-refractivity contribution in [3.8, 4) is 5.69 Å². The molecule has 1 saturated heterocycles. The molecule has 0 unspecified atom stereocenters. The molecule has 0 aliphatic carbocycles. The molecule has 1 aromatic heterocycles. The van der Waals surface area contributed by atoms with Gasteiger partial charge in [0.05, 0.1) is 16.6 Å². The number of thioether (sulfide) groups is 1. The van der Waals surface area contributed by atoms with Gasteiger partial charge >= 0.3 is 0 Å². The molecule has 2 aromatic carbocycles. The van der Waals surface area contributed by atoms with Crippen molar-refractivity contribution in [2.75, 3.05) is 45.5 Å². The lowest BCUT2D eigenvalue weighted by atomic mass is 10.2.